The molecule has 0 heterocycles. The largest absolute Gasteiger partial charge is 0.392 e. The van der Waals surface area contributed by atoms with Crippen molar-refractivity contribution in [3.8, 4) is 0 Å². The van der Waals surface area contributed by atoms with Crippen LogP contribution < -0.4 is 0 Å². The van der Waals surface area contributed by atoms with Crippen LogP contribution in [0.3, 0.4) is 0 Å². The van der Waals surface area contributed by atoms with Crippen molar-refractivity contribution in [1.29, 1.82) is 0 Å². The van der Waals surface area contributed by atoms with Gasteiger partial charge < -0.3 is 5.11 Å². The molecule has 14 heavy (non-hydrogen) atoms. The van der Waals surface area contributed by atoms with E-state index in [2.05, 4.69) is 39.2 Å². The first-order valence-corrected chi connectivity index (χ1v) is 5.53. The van der Waals surface area contributed by atoms with Crippen LogP contribution in [0.5, 0.6) is 0 Å². The topological polar surface area (TPSA) is 23.5 Å². The molecule has 0 radical (unpaired) electrons. The van der Waals surface area contributed by atoms with Crippen LogP contribution >= 0.6 is 0 Å². The second kappa shape index (κ2) is 7.02. The molecule has 0 saturated carbocycles. The Kier molecular flexibility index (Phi) is 6.85. The fourth-order valence-corrected chi connectivity index (χ4v) is 1.66. The molecule has 0 aliphatic heterocycles. The van der Waals surface area contributed by atoms with Crippen molar-refractivity contribution < 1.29 is 5.11 Å². The van der Waals surface area contributed by atoms with Crippen LogP contribution in [0.15, 0.2) is 12.7 Å². The summed E-state index contributed by atoms with van der Waals surface area (Å²) in [4.78, 5) is 2.31. The molecular formula is C12H25NO. The quantitative estimate of drug-likeness (QED) is 0.637. The summed E-state index contributed by atoms with van der Waals surface area (Å²) in [5, 5.41) is 9.76. The Morgan fingerprint density at radius 3 is 2.07 bits per heavy atom. The van der Waals surface area contributed by atoms with Crippen LogP contribution in [0.2, 0.25) is 0 Å². The standard InChI is InChI=1S/C12H25NO/c1-6-7-8-12(14)9-13(10(2)3)11(4)5/h6,10-12,14H,1,7-9H2,2-5H3. The van der Waals surface area contributed by atoms with Gasteiger partial charge in [-0.2, -0.15) is 0 Å². The van der Waals surface area contributed by atoms with Gasteiger partial charge in [0, 0.05) is 18.6 Å². The molecular weight excluding hydrogens is 174 g/mol. The molecule has 0 aromatic heterocycles. The van der Waals surface area contributed by atoms with Crippen LogP contribution in [-0.4, -0.2) is 34.7 Å². The second-order valence-corrected chi connectivity index (χ2v) is 4.40. The molecule has 0 aromatic rings. The maximum absolute atomic E-state index is 9.76. The van der Waals surface area contributed by atoms with E-state index in [-0.39, 0.29) is 6.10 Å². The lowest BCUT2D eigenvalue weighted by molar-refractivity contribution is 0.0713. The van der Waals surface area contributed by atoms with Crippen molar-refractivity contribution in [2.24, 2.45) is 0 Å². The van der Waals surface area contributed by atoms with E-state index in [0.29, 0.717) is 12.1 Å². The highest BCUT2D eigenvalue weighted by atomic mass is 16.3. The molecule has 84 valence electrons. The van der Waals surface area contributed by atoms with Crippen LogP contribution in [0, 0.1) is 0 Å². The molecule has 1 atom stereocenters. The molecule has 0 aliphatic rings. The summed E-state index contributed by atoms with van der Waals surface area (Å²) in [5.74, 6) is 0. The van der Waals surface area contributed by atoms with Gasteiger partial charge in [0.15, 0.2) is 0 Å². The summed E-state index contributed by atoms with van der Waals surface area (Å²) < 4.78 is 0. The number of allylic oxidation sites excluding steroid dienone is 1. The number of rotatable bonds is 7. The molecule has 0 aromatic carbocycles. The minimum absolute atomic E-state index is 0.224. The van der Waals surface area contributed by atoms with Gasteiger partial charge in [-0.25, -0.2) is 0 Å². The van der Waals surface area contributed by atoms with Gasteiger partial charge in [-0.15, -0.1) is 6.58 Å². The van der Waals surface area contributed by atoms with E-state index in [1.54, 1.807) is 0 Å². The van der Waals surface area contributed by atoms with E-state index < -0.39 is 0 Å². The number of aliphatic hydroxyl groups excluding tert-OH is 1. The average molecular weight is 199 g/mol. The fraction of sp³-hybridized carbons (Fsp3) is 0.833. The molecule has 2 heteroatoms. The Morgan fingerprint density at radius 1 is 1.21 bits per heavy atom. The van der Waals surface area contributed by atoms with Gasteiger partial charge in [0.2, 0.25) is 0 Å². The second-order valence-electron chi connectivity index (χ2n) is 4.40. The molecule has 0 saturated heterocycles. The lowest BCUT2D eigenvalue weighted by Gasteiger charge is -2.32. The zero-order valence-corrected chi connectivity index (χ0v) is 10.0. The minimum atomic E-state index is -0.224. The van der Waals surface area contributed by atoms with Crippen LogP contribution in [0.1, 0.15) is 40.5 Å². The predicted molar refractivity (Wildman–Crippen MR) is 62.4 cm³/mol. The highest BCUT2D eigenvalue weighted by Crippen LogP contribution is 2.08. The summed E-state index contributed by atoms with van der Waals surface area (Å²) >= 11 is 0. The summed E-state index contributed by atoms with van der Waals surface area (Å²) in [6, 6.07) is 0.988. The molecule has 1 N–H and O–H groups in total. The predicted octanol–water partition coefficient (Wildman–Crippen LogP) is 2.43. The van der Waals surface area contributed by atoms with Crippen LogP contribution in [0.4, 0.5) is 0 Å². The molecule has 0 amide bonds. The third-order valence-corrected chi connectivity index (χ3v) is 2.45. The van der Waals surface area contributed by atoms with Gasteiger partial charge >= 0.3 is 0 Å². The molecule has 1 unspecified atom stereocenters. The number of hydrogen-bond donors (Lipinski definition) is 1. The van der Waals surface area contributed by atoms with Crippen molar-refractivity contribution in [2.45, 2.75) is 58.7 Å². The maximum Gasteiger partial charge on any atom is 0.0670 e. The number of hydrogen-bond acceptors (Lipinski definition) is 2. The molecule has 0 spiro atoms. The smallest absolute Gasteiger partial charge is 0.0670 e. The highest BCUT2D eigenvalue weighted by molar-refractivity contribution is 4.74. The molecule has 0 fully saturated rings. The normalized spacial score (nSPS) is 14.0. The Bertz CT molecular complexity index is 146. The van der Waals surface area contributed by atoms with Gasteiger partial charge in [-0.05, 0) is 40.5 Å². The minimum Gasteiger partial charge on any atom is -0.392 e. The van der Waals surface area contributed by atoms with Gasteiger partial charge in [0.05, 0.1) is 6.10 Å². The summed E-state index contributed by atoms with van der Waals surface area (Å²) in [5.41, 5.74) is 0. The van der Waals surface area contributed by atoms with Gasteiger partial charge in [0.1, 0.15) is 0 Å². The van der Waals surface area contributed by atoms with Crippen molar-refractivity contribution >= 4 is 0 Å². The average Bonchev–Trinajstić information content (AvgIpc) is 2.09. The highest BCUT2D eigenvalue weighted by Gasteiger charge is 2.16. The summed E-state index contributed by atoms with van der Waals surface area (Å²) in [6.45, 7) is 13.1. The Labute approximate surface area is 88.6 Å². The Hall–Kier alpha value is -0.340. The molecule has 0 rings (SSSR count). The van der Waals surface area contributed by atoms with Gasteiger partial charge in [-0.1, -0.05) is 6.08 Å². The van der Waals surface area contributed by atoms with Crippen LogP contribution in [-0.2, 0) is 0 Å². The zero-order chi connectivity index (χ0) is 11.1. The molecule has 0 aliphatic carbocycles. The van der Waals surface area contributed by atoms with E-state index in [1.165, 1.54) is 0 Å². The SMILES string of the molecule is C=CCCC(O)CN(C(C)C)C(C)C. The third kappa shape index (κ3) is 5.40. The van der Waals surface area contributed by atoms with Crippen LogP contribution in [0.25, 0.3) is 0 Å². The summed E-state index contributed by atoms with van der Waals surface area (Å²) in [6.07, 6.45) is 3.35. The number of nitrogens with zero attached hydrogens (tertiary/aromatic N) is 1. The monoisotopic (exact) mass is 199 g/mol. The lowest BCUT2D eigenvalue weighted by Crippen LogP contribution is -2.42. The van der Waals surface area contributed by atoms with Crippen molar-refractivity contribution in [3.05, 3.63) is 12.7 Å². The van der Waals surface area contributed by atoms with E-state index in [4.69, 9.17) is 0 Å². The number of aliphatic hydroxyl groups is 1. The van der Waals surface area contributed by atoms with E-state index in [9.17, 15) is 5.11 Å². The Balaban J connectivity index is 3.96. The van der Waals surface area contributed by atoms with Crippen molar-refractivity contribution in [2.75, 3.05) is 6.54 Å². The van der Waals surface area contributed by atoms with E-state index in [1.807, 2.05) is 6.08 Å². The van der Waals surface area contributed by atoms with Gasteiger partial charge in [0.25, 0.3) is 0 Å². The fourth-order valence-electron chi connectivity index (χ4n) is 1.66. The molecule has 2 nitrogen and oxygen atoms in total. The zero-order valence-electron chi connectivity index (χ0n) is 10.0. The summed E-state index contributed by atoms with van der Waals surface area (Å²) in [7, 11) is 0. The van der Waals surface area contributed by atoms with E-state index in [0.717, 1.165) is 19.4 Å². The first-order valence-electron chi connectivity index (χ1n) is 5.53. The first-order chi connectivity index (χ1) is 6.49. The van der Waals surface area contributed by atoms with Crippen molar-refractivity contribution in [3.63, 3.8) is 0 Å². The molecule has 0 bridgehead atoms. The van der Waals surface area contributed by atoms with Crippen molar-refractivity contribution in [1.82, 2.24) is 4.90 Å². The first kappa shape index (κ1) is 13.7. The third-order valence-electron chi connectivity index (χ3n) is 2.45. The van der Waals surface area contributed by atoms with E-state index >= 15 is 0 Å². The lowest BCUT2D eigenvalue weighted by atomic mass is 10.1. The van der Waals surface area contributed by atoms with Gasteiger partial charge in [-0.3, -0.25) is 4.90 Å². The Morgan fingerprint density at radius 2 is 1.71 bits per heavy atom. The maximum atomic E-state index is 9.76.